The summed E-state index contributed by atoms with van der Waals surface area (Å²) in [5.41, 5.74) is 29.1. The van der Waals surface area contributed by atoms with Gasteiger partial charge in [0.25, 0.3) is 5.96 Å². The number of carbonyl (C=O) groups excluding carboxylic acids is 2. The molecule has 4 atom stereocenters. The Hall–Kier alpha value is -5.69. The maximum absolute atomic E-state index is 12.2. The molecule has 0 bridgehead atoms. The van der Waals surface area contributed by atoms with Gasteiger partial charge in [0.15, 0.2) is 11.0 Å². The van der Waals surface area contributed by atoms with Crippen molar-refractivity contribution in [3.63, 3.8) is 0 Å². The minimum Gasteiger partial charge on any atom is -0.497 e. The van der Waals surface area contributed by atoms with Crippen LogP contribution in [0.25, 0.3) is 0 Å². The van der Waals surface area contributed by atoms with Gasteiger partial charge in [0, 0.05) is 25.6 Å². The quantitative estimate of drug-likeness (QED) is 0.0277. The Kier molecular flexibility index (Phi) is 26.7. The number of carboxylic acids is 1. The lowest BCUT2D eigenvalue weighted by molar-refractivity contribution is -0.485. The Morgan fingerprint density at radius 3 is 1.83 bits per heavy atom. The highest BCUT2D eigenvalue weighted by Gasteiger charge is 2.23. The van der Waals surface area contributed by atoms with E-state index in [1.807, 2.05) is 55.5 Å². The molecule has 59 heavy (non-hydrogen) atoms. The highest BCUT2D eigenvalue weighted by molar-refractivity contribution is 5.84. The number of hydrogen-bond donors (Lipinski definition) is 8. The van der Waals surface area contributed by atoms with E-state index in [1.54, 1.807) is 35.0 Å². The van der Waals surface area contributed by atoms with E-state index in [0.29, 0.717) is 38.8 Å². The Balaban J connectivity index is 0.000000900. The van der Waals surface area contributed by atoms with Crippen molar-refractivity contribution in [2.24, 2.45) is 44.7 Å². The SMILES string of the molecule is CC(C)(C)OC(=O)NC(CCCCN/C(N)=N/[N+](=O)[O-])C(=O)O.COc1ccc(CC(C)CC(=O)C(N)CCCCN=C(N)N)cc1.COc1ccc(CC(C)N)cc1. The number of unbranched alkanes of at least 4 members (excludes halogenated alkanes) is 2. The number of aliphatic imine (C=N–C) groups is 1. The summed E-state index contributed by atoms with van der Waals surface area (Å²) < 4.78 is 15.2. The van der Waals surface area contributed by atoms with Crippen molar-refractivity contribution < 1.29 is 38.7 Å². The van der Waals surface area contributed by atoms with E-state index in [1.165, 1.54) is 11.1 Å². The van der Waals surface area contributed by atoms with Crippen LogP contribution in [0.2, 0.25) is 0 Å². The van der Waals surface area contributed by atoms with Crippen LogP contribution in [0.15, 0.2) is 58.6 Å². The molecule has 19 heteroatoms. The first-order valence-electron chi connectivity index (χ1n) is 19.4. The number of hydrazone groups is 1. The predicted molar refractivity (Wildman–Crippen MR) is 230 cm³/mol. The first-order valence-corrected chi connectivity index (χ1v) is 19.4. The second kappa shape index (κ2) is 29.5. The summed E-state index contributed by atoms with van der Waals surface area (Å²) in [4.78, 5) is 48.8. The van der Waals surface area contributed by atoms with Crippen molar-refractivity contribution >= 4 is 29.8 Å². The second-order valence-electron chi connectivity index (χ2n) is 14.9. The number of benzene rings is 2. The van der Waals surface area contributed by atoms with Crippen molar-refractivity contribution in [2.45, 2.75) is 116 Å². The molecule has 0 spiro atoms. The number of alkyl carbamates (subject to hydrolysis) is 1. The summed E-state index contributed by atoms with van der Waals surface area (Å²) in [7, 11) is 3.32. The van der Waals surface area contributed by atoms with Crippen LogP contribution in [-0.2, 0) is 27.2 Å². The zero-order chi connectivity index (χ0) is 45.0. The van der Waals surface area contributed by atoms with Crippen LogP contribution in [0.4, 0.5) is 4.79 Å². The van der Waals surface area contributed by atoms with Crippen LogP contribution in [0, 0.1) is 16.0 Å². The largest absolute Gasteiger partial charge is 0.497 e. The number of nitrogens with two attached hydrogens (primary N) is 5. The molecular formula is C40H68N10O9. The molecule has 0 aromatic heterocycles. The average molecular weight is 833 g/mol. The number of rotatable bonds is 22. The first-order chi connectivity index (χ1) is 27.6. The van der Waals surface area contributed by atoms with E-state index in [9.17, 15) is 24.5 Å². The number of amides is 1. The number of nitrogens with one attached hydrogen (secondary N) is 2. The van der Waals surface area contributed by atoms with Crippen LogP contribution in [0.3, 0.4) is 0 Å². The monoisotopic (exact) mass is 833 g/mol. The molecule has 0 aliphatic rings. The van der Waals surface area contributed by atoms with E-state index < -0.39 is 34.8 Å². The van der Waals surface area contributed by atoms with Gasteiger partial charge in [-0.25, -0.2) is 19.7 Å². The van der Waals surface area contributed by atoms with Gasteiger partial charge in [-0.2, -0.15) is 0 Å². The number of carbonyl (C=O) groups is 3. The highest BCUT2D eigenvalue weighted by Crippen LogP contribution is 2.18. The molecule has 0 aliphatic carbocycles. The van der Waals surface area contributed by atoms with E-state index >= 15 is 0 Å². The summed E-state index contributed by atoms with van der Waals surface area (Å²) in [6.07, 6.45) is 4.95. The van der Waals surface area contributed by atoms with Gasteiger partial charge < -0.3 is 58.6 Å². The molecule has 0 heterocycles. The zero-order valence-electron chi connectivity index (χ0n) is 35.6. The molecule has 13 N–H and O–H groups in total. The van der Waals surface area contributed by atoms with Gasteiger partial charge in [-0.3, -0.25) is 9.79 Å². The molecule has 1 amide bonds. The van der Waals surface area contributed by atoms with Crippen LogP contribution in [0.1, 0.15) is 90.7 Å². The summed E-state index contributed by atoms with van der Waals surface area (Å²) in [6, 6.07) is 14.7. The van der Waals surface area contributed by atoms with Gasteiger partial charge >= 0.3 is 12.1 Å². The van der Waals surface area contributed by atoms with Crippen molar-refractivity contribution in [3.8, 4) is 11.5 Å². The van der Waals surface area contributed by atoms with Crippen LogP contribution >= 0.6 is 0 Å². The minimum absolute atomic E-state index is 0.0998. The summed E-state index contributed by atoms with van der Waals surface area (Å²) in [5, 5.41) is 25.8. The normalized spacial score (nSPS) is 13.0. The number of nitro groups is 1. The van der Waals surface area contributed by atoms with E-state index in [2.05, 4.69) is 27.7 Å². The fraction of sp³-hybridized carbons (Fsp3) is 0.575. The van der Waals surface area contributed by atoms with E-state index in [4.69, 9.17) is 48.0 Å². The molecule has 332 valence electrons. The second-order valence-corrected chi connectivity index (χ2v) is 14.9. The molecule has 0 fully saturated rings. The van der Waals surface area contributed by atoms with Crippen molar-refractivity contribution in [2.75, 3.05) is 27.3 Å². The van der Waals surface area contributed by atoms with E-state index in [0.717, 1.165) is 37.2 Å². The number of methoxy groups -OCH3 is 2. The van der Waals surface area contributed by atoms with E-state index in [-0.39, 0.29) is 36.1 Å². The van der Waals surface area contributed by atoms with Crippen molar-refractivity contribution in [3.05, 3.63) is 69.8 Å². The maximum Gasteiger partial charge on any atom is 0.408 e. The Bertz CT molecular complexity index is 1580. The maximum atomic E-state index is 12.2. The first kappa shape index (κ1) is 53.3. The molecule has 0 radical (unpaired) electrons. The van der Waals surface area contributed by atoms with Crippen molar-refractivity contribution in [1.82, 2.24) is 10.6 Å². The minimum atomic E-state index is -1.17. The number of aliphatic carboxylic acids is 1. The highest BCUT2D eigenvalue weighted by atomic mass is 16.7. The van der Waals surface area contributed by atoms with Crippen LogP contribution in [0.5, 0.6) is 11.5 Å². The van der Waals surface area contributed by atoms with Gasteiger partial charge in [-0.1, -0.05) is 31.2 Å². The molecule has 2 aromatic rings. The van der Waals surface area contributed by atoms with Gasteiger partial charge in [0.05, 0.1) is 20.3 Å². The van der Waals surface area contributed by atoms with Gasteiger partial charge in [0.2, 0.25) is 0 Å². The van der Waals surface area contributed by atoms with Gasteiger partial charge in [-0.05, 0) is 120 Å². The third-order valence-electron chi connectivity index (χ3n) is 8.04. The standard InChI is InChI=1S/C18H30N4O2.C12H23N5O6.C10H15NO/c1-13(11-14-6-8-15(24-2)9-7-14)12-17(23)16(19)5-3-4-10-22-18(20)21;1-12(2,3)23-11(20)15-8(9(18)19)6-4-5-7-14-10(13)16-17(21)22;1-8(11)7-9-3-5-10(12-2)6-4-9/h6-9,13,16H,3-5,10-12,19H2,1-2H3,(H4,20,21,22);8H,4-7H2,1-3H3,(H,15,20)(H,18,19)(H3,13,14,16);3-6,8H,7,11H2,1-2H3. The molecule has 4 unspecified atom stereocenters. The number of guanidine groups is 2. The molecule has 2 rings (SSSR count). The lowest BCUT2D eigenvalue weighted by Crippen LogP contribution is -2.43. The number of carboxylic acid groups (broad SMARTS) is 1. The van der Waals surface area contributed by atoms with Crippen LogP contribution in [-0.4, -0.2) is 90.9 Å². The van der Waals surface area contributed by atoms with Gasteiger partial charge in [0.1, 0.15) is 34.0 Å². The fourth-order valence-electron chi connectivity index (χ4n) is 5.23. The number of ether oxygens (including phenoxy) is 3. The Labute approximate surface area is 348 Å². The topological polar surface area (TPSA) is 321 Å². The van der Waals surface area contributed by atoms with Gasteiger partial charge in [-0.15, -0.1) is 0 Å². The predicted octanol–water partition coefficient (Wildman–Crippen LogP) is 3.42. The Morgan fingerprint density at radius 2 is 1.37 bits per heavy atom. The summed E-state index contributed by atoms with van der Waals surface area (Å²) in [5.74, 6) is 0.725. The third-order valence-corrected chi connectivity index (χ3v) is 8.04. The smallest absolute Gasteiger partial charge is 0.408 e. The summed E-state index contributed by atoms with van der Waals surface area (Å²) >= 11 is 0. The van der Waals surface area contributed by atoms with Crippen LogP contribution < -0.4 is 48.8 Å². The molecule has 2 aromatic carbocycles. The molecular weight excluding hydrogens is 765 g/mol. The number of hydrogen-bond acceptors (Lipinski definition) is 11. The molecule has 19 nitrogen and oxygen atoms in total. The zero-order valence-corrected chi connectivity index (χ0v) is 35.6. The average Bonchev–Trinajstić information content (AvgIpc) is 3.13. The lowest BCUT2D eigenvalue weighted by Gasteiger charge is -2.22. The molecule has 0 saturated heterocycles. The van der Waals surface area contributed by atoms with Crippen molar-refractivity contribution in [1.29, 1.82) is 0 Å². The number of ketones is 1. The lowest BCUT2D eigenvalue weighted by atomic mass is 9.92. The number of nitrogens with zero attached hydrogens (tertiary/aromatic N) is 3. The number of Topliss-reactive ketones (excluding diaryl/α,β-unsaturated/α-hetero) is 1. The molecule has 0 aliphatic heterocycles. The third kappa shape index (κ3) is 29.2. The summed E-state index contributed by atoms with van der Waals surface area (Å²) in [6.45, 7) is 9.97. The Morgan fingerprint density at radius 1 is 0.847 bits per heavy atom. The molecule has 0 saturated carbocycles. The fourth-order valence-corrected chi connectivity index (χ4v) is 5.23.